The van der Waals surface area contributed by atoms with Crippen molar-refractivity contribution >= 4 is 28.2 Å². The maximum absolute atomic E-state index is 13.3. The molecule has 3 aromatic rings. The highest BCUT2D eigenvalue weighted by Crippen LogP contribution is 2.18. The van der Waals surface area contributed by atoms with Gasteiger partial charge >= 0.3 is 5.63 Å². The van der Waals surface area contributed by atoms with Gasteiger partial charge in [-0.25, -0.2) is 9.18 Å². The van der Waals surface area contributed by atoms with E-state index in [2.05, 4.69) is 5.32 Å². The average Bonchev–Trinajstić information content (AvgIpc) is 2.99. The summed E-state index contributed by atoms with van der Waals surface area (Å²) < 4.78 is 18.3. The van der Waals surface area contributed by atoms with Crippen LogP contribution in [0.15, 0.2) is 51.0 Å². The summed E-state index contributed by atoms with van der Waals surface area (Å²) in [7, 11) is 0. The molecule has 106 valence electrons. The van der Waals surface area contributed by atoms with Crippen molar-refractivity contribution in [3.63, 3.8) is 0 Å². The predicted octanol–water partition coefficient (Wildman–Crippen LogP) is 2.92. The molecule has 0 fully saturated rings. The van der Waals surface area contributed by atoms with E-state index in [1.807, 2.05) is 0 Å². The zero-order valence-corrected chi connectivity index (χ0v) is 11.6. The van der Waals surface area contributed by atoms with Gasteiger partial charge in [-0.2, -0.15) is 0 Å². The lowest BCUT2D eigenvalue weighted by Gasteiger charge is -2.07. The fraction of sp³-hybridized carbons (Fsp3) is 0.0667. The number of halogens is 1. The van der Waals surface area contributed by atoms with Crippen molar-refractivity contribution in [1.29, 1.82) is 0 Å². The SMILES string of the molecule is O=C(NCc1cc(=O)oc2ccc(F)cc12)c1cccs1. The van der Waals surface area contributed by atoms with Crippen LogP contribution in [0.3, 0.4) is 0 Å². The molecular formula is C15H10FNO3S. The number of nitrogens with one attached hydrogen (secondary N) is 1. The number of thiophene rings is 1. The second kappa shape index (κ2) is 5.49. The van der Waals surface area contributed by atoms with Crippen LogP contribution in [0.5, 0.6) is 0 Å². The van der Waals surface area contributed by atoms with E-state index in [1.54, 1.807) is 17.5 Å². The molecule has 1 aromatic carbocycles. The molecule has 3 rings (SSSR count). The van der Waals surface area contributed by atoms with E-state index in [1.165, 1.54) is 35.6 Å². The second-order valence-electron chi connectivity index (χ2n) is 4.39. The van der Waals surface area contributed by atoms with Crippen LogP contribution in [0.1, 0.15) is 15.2 Å². The molecule has 4 nitrogen and oxygen atoms in total. The minimum atomic E-state index is -0.533. The monoisotopic (exact) mass is 303 g/mol. The van der Waals surface area contributed by atoms with Crippen LogP contribution in [-0.4, -0.2) is 5.91 Å². The molecule has 0 aliphatic carbocycles. The van der Waals surface area contributed by atoms with Gasteiger partial charge in [-0.3, -0.25) is 4.79 Å². The van der Waals surface area contributed by atoms with Crippen molar-refractivity contribution in [2.45, 2.75) is 6.54 Å². The van der Waals surface area contributed by atoms with Gasteiger partial charge in [0.1, 0.15) is 11.4 Å². The normalized spacial score (nSPS) is 10.7. The molecule has 21 heavy (non-hydrogen) atoms. The lowest BCUT2D eigenvalue weighted by Crippen LogP contribution is -2.22. The lowest BCUT2D eigenvalue weighted by atomic mass is 10.1. The summed E-state index contributed by atoms with van der Waals surface area (Å²) in [5.41, 5.74) is 0.282. The number of fused-ring (bicyclic) bond motifs is 1. The van der Waals surface area contributed by atoms with Crippen LogP contribution in [0.25, 0.3) is 11.0 Å². The van der Waals surface area contributed by atoms with Crippen molar-refractivity contribution < 1.29 is 13.6 Å². The molecule has 0 bridgehead atoms. The number of hydrogen-bond donors (Lipinski definition) is 1. The van der Waals surface area contributed by atoms with Gasteiger partial charge in [0.2, 0.25) is 0 Å². The Morgan fingerprint density at radius 3 is 2.90 bits per heavy atom. The summed E-state index contributed by atoms with van der Waals surface area (Å²) in [5, 5.41) is 4.98. The van der Waals surface area contributed by atoms with Crippen LogP contribution in [-0.2, 0) is 6.54 Å². The molecule has 0 atom stereocenters. The Balaban J connectivity index is 1.91. The van der Waals surface area contributed by atoms with E-state index in [0.717, 1.165) is 0 Å². The number of amides is 1. The van der Waals surface area contributed by atoms with E-state index in [9.17, 15) is 14.0 Å². The summed E-state index contributed by atoms with van der Waals surface area (Å²) >= 11 is 1.32. The van der Waals surface area contributed by atoms with Gasteiger partial charge in [-0.15, -0.1) is 11.3 Å². The molecule has 0 saturated heterocycles. The Hall–Kier alpha value is -2.47. The van der Waals surface area contributed by atoms with Gasteiger partial charge < -0.3 is 9.73 Å². The first-order valence-electron chi connectivity index (χ1n) is 6.17. The molecule has 1 amide bonds. The van der Waals surface area contributed by atoms with Crippen LogP contribution in [0.2, 0.25) is 0 Å². The molecule has 0 aliphatic heterocycles. The molecule has 0 aliphatic rings. The van der Waals surface area contributed by atoms with Gasteiger partial charge in [0.05, 0.1) is 4.88 Å². The lowest BCUT2D eigenvalue weighted by molar-refractivity contribution is 0.0955. The van der Waals surface area contributed by atoms with E-state index in [-0.39, 0.29) is 12.5 Å². The smallest absolute Gasteiger partial charge is 0.336 e. The summed E-state index contributed by atoms with van der Waals surface area (Å²) in [6, 6.07) is 8.65. The quantitative estimate of drug-likeness (QED) is 0.757. The topological polar surface area (TPSA) is 59.3 Å². The first kappa shape index (κ1) is 13.5. The summed E-state index contributed by atoms with van der Waals surface area (Å²) in [4.78, 5) is 24.0. The van der Waals surface area contributed by atoms with Crippen molar-refractivity contribution in [2.24, 2.45) is 0 Å². The molecule has 1 N–H and O–H groups in total. The minimum absolute atomic E-state index is 0.127. The fourth-order valence-electron chi connectivity index (χ4n) is 2.02. The Labute approximate surface area is 122 Å². The van der Waals surface area contributed by atoms with Gasteiger partial charge in [0.15, 0.2) is 0 Å². The summed E-state index contributed by atoms with van der Waals surface area (Å²) in [6.45, 7) is 0.127. The van der Waals surface area contributed by atoms with Crippen LogP contribution < -0.4 is 10.9 Å². The van der Waals surface area contributed by atoms with Crippen LogP contribution in [0, 0.1) is 5.82 Å². The first-order valence-corrected chi connectivity index (χ1v) is 7.05. The summed E-state index contributed by atoms with van der Waals surface area (Å²) in [5.74, 6) is -0.662. The van der Waals surface area contributed by atoms with Crippen LogP contribution in [0.4, 0.5) is 4.39 Å². The molecule has 0 unspecified atom stereocenters. The van der Waals surface area contributed by atoms with Crippen molar-refractivity contribution in [3.05, 3.63) is 68.5 Å². The minimum Gasteiger partial charge on any atom is -0.423 e. The largest absolute Gasteiger partial charge is 0.423 e. The van der Waals surface area contributed by atoms with E-state index in [0.29, 0.717) is 21.4 Å². The Bertz CT molecular complexity index is 855. The Kier molecular flexibility index (Phi) is 3.53. The standard InChI is InChI=1S/C15H10FNO3S/c16-10-3-4-12-11(7-10)9(6-14(18)20-12)8-17-15(19)13-2-1-5-21-13/h1-7H,8H2,(H,17,19). The molecule has 0 saturated carbocycles. The Morgan fingerprint density at radius 2 is 2.14 bits per heavy atom. The first-order chi connectivity index (χ1) is 10.1. The molecule has 0 radical (unpaired) electrons. The van der Waals surface area contributed by atoms with Crippen LogP contribution >= 0.6 is 11.3 Å². The molecule has 2 aromatic heterocycles. The molecule has 6 heteroatoms. The van der Waals surface area contributed by atoms with Gasteiger partial charge in [-0.1, -0.05) is 6.07 Å². The third-order valence-corrected chi connectivity index (χ3v) is 3.84. The number of benzene rings is 1. The number of carbonyl (C=O) groups is 1. The molecule has 0 spiro atoms. The predicted molar refractivity (Wildman–Crippen MR) is 77.9 cm³/mol. The number of rotatable bonds is 3. The zero-order valence-electron chi connectivity index (χ0n) is 10.8. The summed E-state index contributed by atoms with van der Waals surface area (Å²) in [6.07, 6.45) is 0. The molecule has 2 heterocycles. The second-order valence-corrected chi connectivity index (χ2v) is 5.34. The third-order valence-electron chi connectivity index (χ3n) is 2.97. The van der Waals surface area contributed by atoms with E-state index < -0.39 is 11.4 Å². The highest BCUT2D eigenvalue weighted by molar-refractivity contribution is 7.12. The van der Waals surface area contributed by atoms with Crippen molar-refractivity contribution in [1.82, 2.24) is 5.32 Å². The highest BCUT2D eigenvalue weighted by Gasteiger charge is 2.10. The average molecular weight is 303 g/mol. The fourth-order valence-corrected chi connectivity index (χ4v) is 2.66. The van der Waals surface area contributed by atoms with Crippen molar-refractivity contribution in [3.8, 4) is 0 Å². The molecular weight excluding hydrogens is 293 g/mol. The number of carbonyl (C=O) groups excluding carboxylic acids is 1. The van der Waals surface area contributed by atoms with Gasteiger partial charge in [-0.05, 0) is 35.2 Å². The van der Waals surface area contributed by atoms with Crippen molar-refractivity contribution in [2.75, 3.05) is 0 Å². The highest BCUT2D eigenvalue weighted by atomic mass is 32.1. The number of hydrogen-bond acceptors (Lipinski definition) is 4. The maximum Gasteiger partial charge on any atom is 0.336 e. The third kappa shape index (κ3) is 2.85. The van der Waals surface area contributed by atoms with E-state index >= 15 is 0 Å². The van der Waals surface area contributed by atoms with Gasteiger partial charge in [0, 0.05) is 18.0 Å². The van der Waals surface area contributed by atoms with E-state index in [4.69, 9.17) is 4.42 Å². The van der Waals surface area contributed by atoms with Gasteiger partial charge in [0.25, 0.3) is 5.91 Å². The maximum atomic E-state index is 13.3. The zero-order chi connectivity index (χ0) is 14.8. The Morgan fingerprint density at radius 1 is 1.29 bits per heavy atom.